The van der Waals surface area contributed by atoms with Crippen LogP contribution in [0.1, 0.15) is 43.9 Å². The van der Waals surface area contributed by atoms with Crippen LogP contribution < -0.4 is 10.6 Å². The van der Waals surface area contributed by atoms with Gasteiger partial charge in [0.25, 0.3) is 0 Å². The molecule has 0 spiro atoms. The lowest BCUT2D eigenvalue weighted by atomic mass is 9.73. The van der Waals surface area contributed by atoms with Crippen molar-refractivity contribution in [1.82, 2.24) is 0 Å². The highest BCUT2D eigenvalue weighted by molar-refractivity contribution is 9.10. The third-order valence-electron chi connectivity index (χ3n) is 5.27. The number of Topliss-reactive ketones (excluding diaryl/α,β-unsaturated/α-hetero) is 1. The number of carbonyl (C=O) groups excluding carboxylic acids is 1. The van der Waals surface area contributed by atoms with Gasteiger partial charge in [-0.15, -0.1) is 0 Å². The standard InChI is InChI=1S/C22H23BrN2O2/c1-12-4-6-15-16(8-12)25-21(14-9-13(23)5-7-18(14)26)20-17(24-15)10-22(2,3)11-19(20)27/h4-9,21,24-26H,10-11H2,1-3H3/t21-/m0/s1. The van der Waals surface area contributed by atoms with Crippen LogP contribution in [0, 0.1) is 12.3 Å². The van der Waals surface area contributed by atoms with Gasteiger partial charge in [-0.3, -0.25) is 4.79 Å². The topological polar surface area (TPSA) is 61.4 Å². The summed E-state index contributed by atoms with van der Waals surface area (Å²) in [5, 5.41) is 17.6. The van der Waals surface area contributed by atoms with Gasteiger partial charge in [0.2, 0.25) is 0 Å². The number of allylic oxidation sites excluding steroid dienone is 1. The Morgan fingerprint density at radius 1 is 1.11 bits per heavy atom. The Morgan fingerprint density at radius 3 is 2.67 bits per heavy atom. The highest BCUT2D eigenvalue weighted by Gasteiger charge is 2.39. The summed E-state index contributed by atoms with van der Waals surface area (Å²) in [6, 6.07) is 11.1. The molecule has 5 heteroatoms. The number of halogens is 1. The Balaban J connectivity index is 1.93. The minimum atomic E-state index is -0.406. The highest BCUT2D eigenvalue weighted by Crippen LogP contribution is 2.47. The minimum Gasteiger partial charge on any atom is -0.508 e. The van der Waals surface area contributed by atoms with Crippen LogP contribution in [0.25, 0.3) is 0 Å². The molecule has 4 rings (SSSR count). The monoisotopic (exact) mass is 426 g/mol. The van der Waals surface area contributed by atoms with Gasteiger partial charge in [-0.2, -0.15) is 0 Å². The van der Waals surface area contributed by atoms with E-state index in [-0.39, 0.29) is 16.9 Å². The van der Waals surface area contributed by atoms with E-state index in [0.29, 0.717) is 12.0 Å². The largest absolute Gasteiger partial charge is 0.508 e. The number of rotatable bonds is 1. The summed E-state index contributed by atoms with van der Waals surface area (Å²) in [5.74, 6) is 0.298. The lowest BCUT2D eigenvalue weighted by Crippen LogP contribution is -2.31. The fraction of sp³-hybridized carbons (Fsp3) is 0.318. The van der Waals surface area contributed by atoms with Crippen LogP contribution in [-0.2, 0) is 4.79 Å². The van der Waals surface area contributed by atoms with Crippen molar-refractivity contribution in [2.75, 3.05) is 10.6 Å². The van der Waals surface area contributed by atoms with Gasteiger partial charge in [0.05, 0.1) is 17.4 Å². The molecule has 1 heterocycles. The summed E-state index contributed by atoms with van der Waals surface area (Å²) in [5.41, 5.74) is 5.28. The van der Waals surface area contributed by atoms with Gasteiger partial charge in [-0.25, -0.2) is 0 Å². The maximum atomic E-state index is 13.2. The molecular formula is C22H23BrN2O2. The molecule has 27 heavy (non-hydrogen) atoms. The molecule has 1 atom stereocenters. The summed E-state index contributed by atoms with van der Waals surface area (Å²) >= 11 is 3.49. The Morgan fingerprint density at radius 2 is 1.89 bits per heavy atom. The number of nitrogens with one attached hydrogen (secondary N) is 2. The average molecular weight is 427 g/mol. The van der Waals surface area contributed by atoms with Crippen molar-refractivity contribution >= 4 is 33.1 Å². The summed E-state index contributed by atoms with van der Waals surface area (Å²) in [6.45, 7) is 6.28. The van der Waals surface area contributed by atoms with Gasteiger partial charge >= 0.3 is 0 Å². The van der Waals surface area contributed by atoms with Crippen LogP contribution in [0.5, 0.6) is 5.75 Å². The number of aromatic hydroxyl groups is 1. The number of phenolic OH excluding ortho intramolecular Hbond substituents is 1. The number of ketones is 1. The van der Waals surface area contributed by atoms with Crippen molar-refractivity contribution in [3.8, 4) is 5.75 Å². The van der Waals surface area contributed by atoms with E-state index in [9.17, 15) is 9.90 Å². The van der Waals surface area contributed by atoms with E-state index in [2.05, 4.69) is 52.5 Å². The molecule has 2 aliphatic rings. The second-order valence-corrected chi connectivity index (χ2v) is 9.20. The number of carbonyl (C=O) groups is 1. The third kappa shape index (κ3) is 3.36. The van der Waals surface area contributed by atoms with Crippen molar-refractivity contribution in [2.45, 2.75) is 39.7 Å². The number of hydrogen-bond donors (Lipinski definition) is 3. The SMILES string of the molecule is Cc1ccc2c(c1)N[C@@H](c1cc(Br)ccc1O)C1=C(CC(C)(C)CC1=O)N2. The maximum absolute atomic E-state index is 13.2. The van der Waals surface area contributed by atoms with Crippen LogP contribution >= 0.6 is 15.9 Å². The van der Waals surface area contributed by atoms with E-state index in [1.165, 1.54) is 0 Å². The van der Waals surface area contributed by atoms with Crippen molar-refractivity contribution < 1.29 is 9.90 Å². The number of fused-ring (bicyclic) bond motifs is 1. The van der Waals surface area contributed by atoms with E-state index in [4.69, 9.17) is 0 Å². The first-order chi connectivity index (χ1) is 12.7. The molecule has 1 aliphatic carbocycles. The van der Waals surface area contributed by atoms with Crippen LogP contribution in [-0.4, -0.2) is 10.9 Å². The fourth-order valence-electron chi connectivity index (χ4n) is 4.05. The van der Waals surface area contributed by atoms with E-state index in [0.717, 1.165) is 39.1 Å². The summed E-state index contributed by atoms with van der Waals surface area (Å²) < 4.78 is 0.865. The van der Waals surface area contributed by atoms with E-state index >= 15 is 0 Å². The van der Waals surface area contributed by atoms with Crippen molar-refractivity contribution in [3.63, 3.8) is 0 Å². The van der Waals surface area contributed by atoms with Crippen LogP contribution in [0.15, 0.2) is 52.1 Å². The molecule has 0 amide bonds. The Bertz CT molecular complexity index is 978. The van der Waals surface area contributed by atoms with Gasteiger partial charge in [-0.1, -0.05) is 35.8 Å². The molecule has 0 radical (unpaired) electrons. The average Bonchev–Trinajstić information content (AvgIpc) is 2.72. The Kier molecular flexibility index (Phi) is 4.30. The fourth-order valence-corrected chi connectivity index (χ4v) is 4.43. The lowest BCUT2D eigenvalue weighted by molar-refractivity contribution is -0.118. The molecule has 1 aliphatic heterocycles. The zero-order chi connectivity index (χ0) is 19.3. The second-order valence-electron chi connectivity index (χ2n) is 8.29. The van der Waals surface area contributed by atoms with Crippen molar-refractivity contribution in [1.29, 1.82) is 0 Å². The van der Waals surface area contributed by atoms with Crippen LogP contribution in [0.2, 0.25) is 0 Å². The first-order valence-electron chi connectivity index (χ1n) is 9.12. The van der Waals surface area contributed by atoms with Gasteiger partial charge < -0.3 is 15.7 Å². The van der Waals surface area contributed by atoms with Gasteiger partial charge in [0.1, 0.15) is 5.75 Å². The summed E-state index contributed by atoms with van der Waals surface area (Å²) in [7, 11) is 0. The zero-order valence-corrected chi connectivity index (χ0v) is 17.3. The molecule has 0 saturated carbocycles. The minimum absolute atomic E-state index is 0.0953. The second kappa shape index (κ2) is 6.41. The van der Waals surface area contributed by atoms with Crippen LogP contribution in [0.4, 0.5) is 11.4 Å². The van der Waals surface area contributed by atoms with Gasteiger partial charge in [0, 0.05) is 27.7 Å². The smallest absolute Gasteiger partial charge is 0.163 e. The molecule has 4 nitrogen and oxygen atoms in total. The third-order valence-corrected chi connectivity index (χ3v) is 5.76. The van der Waals surface area contributed by atoms with Crippen LogP contribution in [0.3, 0.4) is 0 Å². The molecule has 3 N–H and O–H groups in total. The first-order valence-corrected chi connectivity index (χ1v) is 9.92. The number of anilines is 2. The first kappa shape index (κ1) is 18.1. The molecule has 0 saturated heterocycles. The normalized spacial score (nSPS) is 20.9. The van der Waals surface area contributed by atoms with E-state index < -0.39 is 6.04 Å². The summed E-state index contributed by atoms with van der Waals surface area (Å²) in [4.78, 5) is 13.2. The molecule has 0 bridgehead atoms. The number of aryl methyl sites for hydroxylation is 1. The van der Waals surface area contributed by atoms with E-state index in [1.54, 1.807) is 12.1 Å². The number of phenols is 1. The highest BCUT2D eigenvalue weighted by atomic mass is 79.9. The van der Waals surface area contributed by atoms with E-state index in [1.807, 2.05) is 19.1 Å². The maximum Gasteiger partial charge on any atom is 0.163 e. The molecular weight excluding hydrogens is 404 g/mol. The van der Waals surface area contributed by atoms with Crippen molar-refractivity contribution in [3.05, 3.63) is 63.3 Å². The summed E-state index contributed by atoms with van der Waals surface area (Å²) in [6.07, 6.45) is 1.28. The zero-order valence-electron chi connectivity index (χ0n) is 15.7. The van der Waals surface area contributed by atoms with Gasteiger partial charge in [0.15, 0.2) is 5.78 Å². The Hall–Kier alpha value is -2.27. The molecule has 140 valence electrons. The Labute approximate surface area is 167 Å². The molecule has 0 aromatic heterocycles. The predicted octanol–water partition coefficient (Wildman–Crippen LogP) is 5.69. The molecule has 0 fully saturated rings. The van der Waals surface area contributed by atoms with Gasteiger partial charge in [-0.05, 0) is 54.7 Å². The molecule has 0 unspecified atom stereocenters. The predicted molar refractivity (Wildman–Crippen MR) is 112 cm³/mol. The number of hydrogen-bond acceptors (Lipinski definition) is 4. The lowest BCUT2D eigenvalue weighted by Gasteiger charge is -2.34. The molecule has 2 aromatic rings. The molecule has 2 aromatic carbocycles. The quantitative estimate of drug-likeness (QED) is 0.548. The number of benzene rings is 2. The van der Waals surface area contributed by atoms with Crippen molar-refractivity contribution in [2.24, 2.45) is 5.41 Å².